The molecule has 0 unspecified atom stereocenters. The molecule has 0 radical (unpaired) electrons. The molecule has 6 nitrogen and oxygen atoms in total. The van der Waals surface area contributed by atoms with Gasteiger partial charge in [0.1, 0.15) is 5.65 Å². The number of carbonyl (C=O) groups excluding carboxylic acids is 1. The number of nitrogens with two attached hydrogens (primary N) is 1. The Morgan fingerprint density at radius 2 is 2.08 bits per heavy atom. The van der Waals surface area contributed by atoms with Crippen LogP contribution in [0.25, 0.3) is 11.0 Å². The third-order valence-electron chi connectivity index (χ3n) is 3.55. The van der Waals surface area contributed by atoms with Crippen LogP contribution < -0.4 is 11.1 Å². The van der Waals surface area contributed by atoms with Crippen molar-refractivity contribution >= 4 is 28.6 Å². The quantitative estimate of drug-likeness (QED) is 0.741. The highest BCUT2D eigenvalue weighted by molar-refractivity contribution is 5.77. The number of carbonyl (C=O) groups is 1. The summed E-state index contributed by atoms with van der Waals surface area (Å²) < 4.78 is 40.1. The Balaban J connectivity index is 1.87. The van der Waals surface area contributed by atoms with E-state index in [9.17, 15) is 18.0 Å². The Morgan fingerprint density at radius 1 is 1.28 bits per heavy atom. The molecule has 3 rings (SSSR count). The van der Waals surface area contributed by atoms with Crippen molar-refractivity contribution in [2.45, 2.75) is 19.1 Å². The molecular formula is C16H14F3N5O. The van der Waals surface area contributed by atoms with E-state index in [1.54, 1.807) is 23.0 Å². The van der Waals surface area contributed by atoms with Gasteiger partial charge in [-0.15, -0.1) is 0 Å². The summed E-state index contributed by atoms with van der Waals surface area (Å²) in [5, 5.41) is 3.51. The van der Waals surface area contributed by atoms with Crippen LogP contribution in [0.3, 0.4) is 0 Å². The molecule has 0 saturated carbocycles. The number of benzene rings is 1. The van der Waals surface area contributed by atoms with Crippen LogP contribution in [0.15, 0.2) is 42.7 Å². The minimum atomic E-state index is -4.42. The predicted octanol–water partition coefficient (Wildman–Crippen LogP) is 3.07. The number of hydrogen-bond acceptors (Lipinski definition) is 4. The van der Waals surface area contributed by atoms with Crippen molar-refractivity contribution in [1.82, 2.24) is 14.5 Å². The number of fused-ring (bicyclic) bond motifs is 1. The van der Waals surface area contributed by atoms with Crippen LogP contribution in [-0.4, -0.2) is 20.4 Å². The summed E-state index contributed by atoms with van der Waals surface area (Å²) in [6.07, 6.45) is -0.967. The number of alkyl halides is 3. The second kappa shape index (κ2) is 6.42. The summed E-state index contributed by atoms with van der Waals surface area (Å²) >= 11 is 0. The Morgan fingerprint density at radius 3 is 2.80 bits per heavy atom. The number of rotatable bonds is 5. The third kappa shape index (κ3) is 3.87. The highest BCUT2D eigenvalue weighted by atomic mass is 19.4. The van der Waals surface area contributed by atoms with E-state index in [1.165, 1.54) is 12.1 Å². The van der Waals surface area contributed by atoms with E-state index in [0.717, 1.165) is 17.5 Å². The number of amides is 1. The predicted molar refractivity (Wildman–Crippen MR) is 86.1 cm³/mol. The number of nitrogens with zero attached hydrogens (tertiary/aromatic N) is 3. The van der Waals surface area contributed by atoms with E-state index < -0.39 is 17.6 Å². The monoisotopic (exact) mass is 349 g/mol. The lowest BCUT2D eigenvalue weighted by atomic mass is 10.2. The second-order valence-corrected chi connectivity index (χ2v) is 5.40. The van der Waals surface area contributed by atoms with E-state index in [0.29, 0.717) is 12.2 Å². The first kappa shape index (κ1) is 16.7. The van der Waals surface area contributed by atoms with E-state index in [4.69, 9.17) is 5.73 Å². The molecule has 2 aromatic heterocycles. The maximum Gasteiger partial charge on any atom is 0.416 e. The van der Waals surface area contributed by atoms with Gasteiger partial charge in [0.15, 0.2) is 0 Å². The summed E-state index contributed by atoms with van der Waals surface area (Å²) in [5.41, 5.74) is 5.17. The smallest absolute Gasteiger partial charge is 0.370 e. The number of halogens is 3. The Bertz CT molecular complexity index is 920. The molecule has 0 aliphatic carbocycles. The second-order valence-electron chi connectivity index (χ2n) is 5.40. The first-order valence-corrected chi connectivity index (χ1v) is 7.37. The van der Waals surface area contributed by atoms with E-state index in [-0.39, 0.29) is 18.1 Å². The number of aromatic nitrogens is 3. The zero-order valence-corrected chi connectivity index (χ0v) is 12.9. The van der Waals surface area contributed by atoms with Gasteiger partial charge in [-0.25, -0.2) is 4.98 Å². The topological polar surface area (TPSA) is 85.8 Å². The molecule has 130 valence electrons. The number of aryl methyl sites for hydroxylation is 1. The molecule has 1 amide bonds. The maximum absolute atomic E-state index is 12.8. The summed E-state index contributed by atoms with van der Waals surface area (Å²) in [7, 11) is 0. The number of primary amides is 1. The van der Waals surface area contributed by atoms with Crippen LogP contribution >= 0.6 is 0 Å². The maximum atomic E-state index is 12.8. The molecule has 0 fully saturated rings. The first-order chi connectivity index (χ1) is 11.8. The average Bonchev–Trinajstić information content (AvgIpc) is 2.95. The molecule has 0 spiro atoms. The highest BCUT2D eigenvalue weighted by Gasteiger charge is 2.30. The molecule has 1 aromatic carbocycles. The third-order valence-corrected chi connectivity index (χ3v) is 3.55. The standard InChI is InChI=1S/C16H14F3N5O/c17-16(18,19)11-2-1-3-12(8-11)22-15-21-9-10-4-6-24(14(10)23-15)7-5-13(20)25/h1-4,6,8-9H,5,7H2,(H2,20,25)(H,21,22,23). The Kier molecular flexibility index (Phi) is 4.30. The number of anilines is 2. The SMILES string of the molecule is NC(=O)CCn1ccc2cnc(Nc3cccc(C(F)(F)F)c3)nc21. The van der Waals surface area contributed by atoms with Gasteiger partial charge < -0.3 is 15.6 Å². The average molecular weight is 349 g/mol. The van der Waals surface area contributed by atoms with Crippen LogP contribution in [0.1, 0.15) is 12.0 Å². The fraction of sp³-hybridized carbons (Fsp3) is 0.188. The summed E-state index contributed by atoms with van der Waals surface area (Å²) in [6, 6.07) is 6.56. The van der Waals surface area contributed by atoms with Gasteiger partial charge in [0.25, 0.3) is 0 Å². The van der Waals surface area contributed by atoms with Crippen LogP contribution in [0.2, 0.25) is 0 Å². The molecule has 0 aliphatic rings. The van der Waals surface area contributed by atoms with Crippen molar-refractivity contribution in [3.63, 3.8) is 0 Å². The van der Waals surface area contributed by atoms with Gasteiger partial charge in [0.05, 0.1) is 5.56 Å². The van der Waals surface area contributed by atoms with Crippen LogP contribution in [-0.2, 0) is 17.5 Å². The number of nitrogens with one attached hydrogen (secondary N) is 1. The lowest BCUT2D eigenvalue weighted by Gasteiger charge is -2.10. The van der Waals surface area contributed by atoms with Gasteiger partial charge in [-0.05, 0) is 24.3 Å². The molecule has 0 aliphatic heterocycles. The van der Waals surface area contributed by atoms with Crippen molar-refractivity contribution in [3.8, 4) is 0 Å². The fourth-order valence-electron chi connectivity index (χ4n) is 2.34. The molecule has 3 aromatic rings. The summed E-state index contributed by atoms with van der Waals surface area (Å²) in [5.74, 6) is -0.274. The van der Waals surface area contributed by atoms with E-state index in [1.807, 2.05) is 0 Å². The van der Waals surface area contributed by atoms with Gasteiger partial charge in [0.2, 0.25) is 11.9 Å². The number of hydrogen-bond donors (Lipinski definition) is 2. The van der Waals surface area contributed by atoms with Gasteiger partial charge in [-0.1, -0.05) is 6.07 Å². The van der Waals surface area contributed by atoms with Crippen molar-refractivity contribution in [3.05, 3.63) is 48.3 Å². The van der Waals surface area contributed by atoms with Crippen LogP contribution in [0.4, 0.5) is 24.8 Å². The van der Waals surface area contributed by atoms with E-state index in [2.05, 4.69) is 15.3 Å². The van der Waals surface area contributed by atoms with Gasteiger partial charge in [-0.3, -0.25) is 4.79 Å². The van der Waals surface area contributed by atoms with Crippen molar-refractivity contribution in [2.75, 3.05) is 5.32 Å². The minimum absolute atomic E-state index is 0.157. The van der Waals surface area contributed by atoms with Crippen LogP contribution in [0.5, 0.6) is 0 Å². The fourth-order valence-corrected chi connectivity index (χ4v) is 2.34. The molecule has 0 saturated heterocycles. The minimum Gasteiger partial charge on any atom is -0.370 e. The Labute approximate surface area is 140 Å². The van der Waals surface area contributed by atoms with Crippen molar-refractivity contribution in [1.29, 1.82) is 0 Å². The lowest BCUT2D eigenvalue weighted by Crippen LogP contribution is -2.13. The molecule has 25 heavy (non-hydrogen) atoms. The van der Waals surface area contributed by atoms with Crippen LogP contribution in [0, 0.1) is 0 Å². The van der Waals surface area contributed by atoms with Gasteiger partial charge in [-0.2, -0.15) is 18.2 Å². The molecule has 0 atom stereocenters. The molecule has 9 heteroatoms. The first-order valence-electron chi connectivity index (χ1n) is 7.37. The van der Waals surface area contributed by atoms with Gasteiger partial charge in [0, 0.05) is 36.4 Å². The molecule has 3 N–H and O–H groups in total. The summed E-state index contributed by atoms with van der Waals surface area (Å²) in [4.78, 5) is 19.3. The highest BCUT2D eigenvalue weighted by Crippen LogP contribution is 2.31. The Hall–Kier alpha value is -3.10. The largest absolute Gasteiger partial charge is 0.416 e. The molecular weight excluding hydrogens is 335 g/mol. The van der Waals surface area contributed by atoms with Crippen molar-refractivity contribution < 1.29 is 18.0 Å². The van der Waals surface area contributed by atoms with Crippen molar-refractivity contribution in [2.24, 2.45) is 5.73 Å². The normalized spacial score (nSPS) is 11.6. The zero-order chi connectivity index (χ0) is 18.0. The van der Waals surface area contributed by atoms with Gasteiger partial charge >= 0.3 is 6.18 Å². The lowest BCUT2D eigenvalue weighted by molar-refractivity contribution is -0.137. The zero-order valence-electron chi connectivity index (χ0n) is 12.9. The molecule has 0 bridgehead atoms. The molecule has 2 heterocycles. The summed E-state index contributed by atoms with van der Waals surface area (Å²) in [6.45, 7) is 0.360. The van der Waals surface area contributed by atoms with E-state index >= 15 is 0 Å².